The lowest BCUT2D eigenvalue weighted by Gasteiger charge is -2.02. The van der Waals surface area contributed by atoms with Crippen LogP contribution < -0.4 is 0 Å². The molecular weight excluding hydrogens is 228 g/mol. The zero-order valence-corrected chi connectivity index (χ0v) is 9.71. The van der Waals surface area contributed by atoms with Crippen molar-refractivity contribution in [2.75, 3.05) is 0 Å². The molecule has 0 radical (unpaired) electrons. The number of rotatable bonds is 2. The van der Waals surface area contributed by atoms with Crippen molar-refractivity contribution in [1.29, 1.82) is 0 Å². The molecule has 0 bridgehead atoms. The van der Waals surface area contributed by atoms with Crippen LogP contribution in [0.3, 0.4) is 0 Å². The fourth-order valence-corrected chi connectivity index (χ4v) is 2.05. The van der Waals surface area contributed by atoms with Gasteiger partial charge >= 0.3 is 5.97 Å². The quantitative estimate of drug-likeness (QED) is 0.863. The van der Waals surface area contributed by atoms with Gasteiger partial charge in [-0.2, -0.15) is 0 Å². The molecule has 16 heavy (non-hydrogen) atoms. The van der Waals surface area contributed by atoms with Crippen LogP contribution in [0.25, 0.3) is 11.0 Å². The summed E-state index contributed by atoms with van der Waals surface area (Å²) in [6.07, 6.45) is 0. The average Bonchev–Trinajstić information content (AvgIpc) is 2.58. The van der Waals surface area contributed by atoms with Gasteiger partial charge in [0.2, 0.25) is 5.76 Å². The van der Waals surface area contributed by atoms with Crippen molar-refractivity contribution in [3.63, 3.8) is 0 Å². The molecule has 0 aliphatic carbocycles. The van der Waals surface area contributed by atoms with Crippen molar-refractivity contribution < 1.29 is 14.3 Å². The predicted molar refractivity (Wildman–Crippen MR) is 62.3 cm³/mol. The summed E-state index contributed by atoms with van der Waals surface area (Å²) in [6, 6.07) is 5.30. The lowest BCUT2D eigenvalue weighted by molar-refractivity contribution is 0.0663. The molecule has 1 aromatic carbocycles. The number of carboxylic acids is 1. The van der Waals surface area contributed by atoms with E-state index in [-0.39, 0.29) is 11.7 Å². The topological polar surface area (TPSA) is 50.4 Å². The number of carbonyl (C=O) groups is 1. The lowest BCUT2D eigenvalue weighted by Crippen LogP contribution is -2.00. The Kier molecular flexibility index (Phi) is 2.64. The Morgan fingerprint density at radius 2 is 2.12 bits per heavy atom. The molecular formula is C12H11ClO3. The number of benzene rings is 1. The van der Waals surface area contributed by atoms with E-state index in [0.717, 1.165) is 5.39 Å². The highest BCUT2D eigenvalue weighted by Gasteiger charge is 2.22. The van der Waals surface area contributed by atoms with Crippen molar-refractivity contribution in [1.82, 2.24) is 0 Å². The first kappa shape index (κ1) is 11.0. The van der Waals surface area contributed by atoms with E-state index < -0.39 is 5.97 Å². The minimum Gasteiger partial charge on any atom is -0.475 e. The van der Waals surface area contributed by atoms with E-state index in [4.69, 9.17) is 21.1 Å². The Balaban J connectivity index is 2.86. The molecule has 4 heteroatoms. The van der Waals surface area contributed by atoms with Gasteiger partial charge in [0.15, 0.2) is 5.58 Å². The van der Waals surface area contributed by atoms with Crippen LogP contribution in [0.2, 0.25) is 5.02 Å². The second-order valence-electron chi connectivity index (χ2n) is 3.92. The molecule has 2 aromatic rings. The van der Waals surface area contributed by atoms with Crippen LogP contribution in [-0.4, -0.2) is 11.1 Å². The van der Waals surface area contributed by atoms with Crippen molar-refractivity contribution in [3.05, 3.63) is 34.5 Å². The van der Waals surface area contributed by atoms with E-state index in [2.05, 4.69) is 0 Å². The molecule has 0 saturated heterocycles. The van der Waals surface area contributed by atoms with Gasteiger partial charge in [-0.15, -0.1) is 0 Å². The molecule has 0 spiro atoms. The molecule has 0 saturated carbocycles. The zero-order valence-electron chi connectivity index (χ0n) is 8.95. The van der Waals surface area contributed by atoms with Crippen LogP contribution in [-0.2, 0) is 0 Å². The molecule has 3 nitrogen and oxygen atoms in total. The fraction of sp³-hybridized carbons (Fsp3) is 0.250. The van der Waals surface area contributed by atoms with Crippen LogP contribution in [0.4, 0.5) is 0 Å². The summed E-state index contributed by atoms with van der Waals surface area (Å²) in [4.78, 5) is 11.1. The standard InChI is InChI=1S/C12H11ClO3/c1-6(2)9-7-4-3-5-8(13)10(7)16-11(9)12(14)15/h3-6H,1-2H3,(H,14,15). The normalized spacial score (nSPS) is 11.2. The SMILES string of the molecule is CC(C)c1c(C(=O)O)oc2c(Cl)cccc12. The molecule has 1 heterocycles. The van der Waals surface area contributed by atoms with Gasteiger partial charge in [-0.1, -0.05) is 37.6 Å². The average molecular weight is 239 g/mol. The van der Waals surface area contributed by atoms with E-state index in [1.165, 1.54) is 0 Å². The molecule has 0 aliphatic heterocycles. The summed E-state index contributed by atoms with van der Waals surface area (Å²) < 4.78 is 5.32. The Bertz CT molecular complexity index is 555. The van der Waals surface area contributed by atoms with Gasteiger partial charge in [-0.25, -0.2) is 4.79 Å². The Morgan fingerprint density at radius 3 is 2.69 bits per heavy atom. The van der Waals surface area contributed by atoms with Gasteiger partial charge in [-0.05, 0) is 12.0 Å². The third-order valence-electron chi connectivity index (χ3n) is 2.48. The second kappa shape index (κ2) is 3.83. The van der Waals surface area contributed by atoms with Gasteiger partial charge in [0.25, 0.3) is 0 Å². The highest BCUT2D eigenvalue weighted by atomic mass is 35.5. The lowest BCUT2D eigenvalue weighted by atomic mass is 9.99. The molecule has 1 N–H and O–H groups in total. The van der Waals surface area contributed by atoms with Crippen LogP contribution in [0, 0.1) is 0 Å². The van der Waals surface area contributed by atoms with Crippen molar-refractivity contribution >= 4 is 28.5 Å². The number of furan rings is 1. The number of halogens is 1. The first-order valence-electron chi connectivity index (χ1n) is 4.96. The van der Waals surface area contributed by atoms with Crippen LogP contribution in [0.5, 0.6) is 0 Å². The van der Waals surface area contributed by atoms with E-state index >= 15 is 0 Å². The number of para-hydroxylation sites is 1. The molecule has 2 rings (SSSR count). The Morgan fingerprint density at radius 1 is 1.44 bits per heavy atom. The zero-order chi connectivity index (χ0) is 11.9. The van der Waals surface area contributed by atoms with Crippen molar-refractivity contribution in [2.45, 2.75) is 19.8 Å². The van der Waals surface area contributed by atoms with Crippen LogP contribution in [0.1, 0.15) is 35.9 Å². The first-order valence-corrected chi connectivity index (χ1v) is 5.34. The number of fused-ring (bicyclic) bond motifs is 1. The van der Waals surface area contributed by atoms with Gasteiger partial charge in [0, 0.05) is 10.9 Å². The van der Waals surface area contributed by atoms with Crippen molar-refractivity contribution in [3.8, 4) is 0 Å². The van der Waals surface area contributed by atoms with Gasteiger partial charge in [-0.3, -0.25) is 0 Å². The molecule has 0 amide bonds. The fourth-order valence-electron chi connectivity index (χ4n) is 1.84. The minimum absolute atomic E-state index is 0.0156. The highest BCUT2D eigenvalue weighted by Crippen LogP contribution is 2.35. The molecule has 0 aliphatic rings. The largest absolute Gasteiger partial charge is 0.475 e. The maximum atomic E-state index is 11.1. The number of carboxylic acid groups (broad SMARTS) is 1. The summed E-state index contributed by atoms with van der Waals surface area (Å²) >= 11 is 5.97. The number of hydrogen-bond donors (Lipinski definition) is 1. The summed E-state index contributed by atoms with van der Waals surface area (Å²) in [6.45, 7) is 3.86. The summed E-state index contributed by atoms with van der Waals surface area (Å²) in [5.41, 5.74) is 1.15. The summed E-state index contributed by atoms with van der Waals surface area (Å²) in [5.74, 6) is -1.00. The second-order valence-corrected chi connectivity index (χ2v) is 4.33. The maximum absolute atomic E-state index is 11.1. The first-order chi connectivity index (χ1) is 7.52. The Hall–Kier alpha value is -1.48. The third-order valence-corrected chi connectivity index (χ3v) is 2.78. The summed E-state index contributed by atoms with van der Waals surface area (Å²) in [7, 11) is 0. The maximum Gasteiger partial charge on any atom is 0.372 e. The van der Waals surface area contributed by atoms with Crippen LogP contribution in [0.15, 0.2) is 22.6 Å². The summed E-state index contributed by atoms with van der Waals surface area (Å²) in [5, 5.41) is 10.3. The monoisotopic (exact) mass is 238 g/mol. The van der Waals surface area contributed by atoms with E-state index in [1.54, 1.807) is 12.1 Å². The highest BCUT2D eigenvalue weighted by molar-refractivity contribution is 6.35. The molecule has 1 aromatic heterocycles. The number of hydrogen-bond acceptors (Lipinski definition) is 2. The Labute approximate surface area is 97.6 Å². The van der Waals surface area contributed by atoms with E-state index in [0.29, 0.717) is 16.2 Å². The van der Waals surface area contributed by atoms with E-state index in [1.807, 2.05) is 19.9 Å². The molecule has 84 valence electrons. The smallest absolute Gasteiger partial charge is 0.372 e. The van der Waals surface area contributed by atoms with Crippen molar-refractivity contribution in [2.24, 2.45) is 0 Å². The van der Waals surface area contributed by atoms with E-state index in [9.17, 15) is 4.79 Å². The van der Waals surface area contributed by atoms with Gasteiger partial charge < -0.3 is 9.52 Å². The molecule has 0 unspecified atom stereocenters. The minimum atomic E-state index is -1.06. The van der Waals surface area contributed by atoms with Gasteiger partial charge in [0.1, 0.15) is 0 Å². The van der Waals surface area contributed by atoms with Crippen LogP contribution >= 0.6 is 11.6 Å². The predicted octanol–water partition coefficient (Wildman–Crippen LogP) is 3.91. The third kappa shape index (κ3) is 1.57. The molecule has 0 atom stereocenters. The number of aromatic carboxylic acids is 1. The van der Waals surface area contributed by atoms with Gasteiger partial charge in [0.05, 0.1) is 5.02 Å². The molecule has 0 fully saturated rings.